The number of fused-ring (bicyclic) bond motifs is 1. The standard InChI is InChI=1S/C10H8ClFO2.C6H4ClFO.C4H6O2/c1-4-2-7(13)9-8(4)6(12)3-5(11)10(9)14;7-5-3-4(8)1-2-6(5)9;5-4-2-1-3-6-4/h3-4,14H,2H2,1H3;1-3,9H;1-3H2. The molecule has 1 saturated heterocycles. The fraction of sp³-hybridized carbons (Fsp3) is 0.300. The molecule has 5 nitrogen and oxygen atoms in total. The summed E-state index contributed by atoms with van der Waals surface area (Å²) >= 11 is 10.9. The zero-order chi connectivity index (χ0) is 21.7. The van der Waals surface area contributed by atoms with E-state index in [1.54, 1.807) is 6.92 Å². The number of carbonyl (C=O) groups is 2. The third-order valence-electron chi connectivity index (χ3n) is 4.20. The van der Waals surface area contributed by atoms with E-state index < -0.39 is 11.6 Å². The molecule has 1 atom stereocenters. The SMILES string of the molecule is CC1CC(=O)c2c(O)c(Cl)cc(F)c21.O=C1CCCO1.Oc1ccc(F)cc1Cl. The number of halogens is 4. The minimum atomic E-state index is -0.513. The van der Waals surface area contributed by atoms with Crippen LogP contribution < -0.4 is 0 Å². The molecule has 1 heterocycles. The molecule has 0 amide bonds. The Bertz CT molecular complexity index is 926. The van der Waals surface area contributed by atoms with Gasteiger partial charge < -0.3 is 14.9 Å². The van der Waals surface area contributed by atoms with Crippen molar-refractivity contribution >= 4 is 35.0 Å². The van der Waals surface area contributed by atoms with Gasteiger partial charge in [-0.05, 0) is 36.6 Å². The van der Waals surface area contributed by atoms with Crippen LogP contribution in [0.2, 0.25) is 10.0 Å². The quantitative estimate of drug-likeness (QED) is 0.530. The van der Waals surface area contributed by atoms with Crippen LogP contribution in [0.4, 0.5) is 8.78 Å². The predicted octanol–water partition coefficient (Wildman–Crippen LogP) is 5.38. The maximum absolute atomic E-state index is 13.4. The Morgan fingerprint density at radius 3 is 2.28 bits per heavy atom. The summed E-state index contributed by atoms with van der Waals surface area (Å²) in [7, 11) is 0. The van der Waals surface area contributed by atoms with Gasteiger partial charge >= 0.3 is 5.97 Å². The highest BCUT2D eigenvalue weighted by Gasteiger charge is 2.33. The van der Waals surface area contributed by atoms with Crippen molar-refractivity contribution in [3.05, 3.63) is 57.1 Å². The molecule has 1 fully saturated rings. The number of hydrogen-bond donors (Lipinski definition) is 2. The number of Topliss-reactive ketones (excluding diaryl/α,β-unsaturated/α-hetero) is 1. The highest BCUT2D eigenvalue weighted by Crippen LogP contribution is 2.42. The summed E-state index contributed by atoms with van der Waals surface area (Å²) in [5, 5.41) is 18.2. The molecule has 0 saturated carbocycles. The summed E-state index contributed by atoms with van der Waals surface area (Å²) in [5.74, 6) is -1.82. The monoisotopic (exact) mass is 446 g/mol. The number of carbonyl (C=O) groups excluding carboxylic acids is 2. The van der Waals surface area contributed by atoms with Gasteiger partial charge in [0.1, 0.15) is 23.1 Å². The van der Waals surface area contributed by atoms with Crippen molar-refractivity contribution in [2.24, 2.45) is 0 Å². The average Bonchev–Trinajstić information content (AvgIpc) is 3.24. The Morgan fingerprint density at radius 2 is 1.79 bits per heavy atom. The molecule has 4 rings (SSSR count). The van der Waals surface area contributed by atoms with E-state index in [9.17, 15) is 23.5 Å². The number of phenols is 2. The van der Waals surface area contributed by atoms with Gasteiger partial charge in [-0.2, -0.15) is 0 Å². The Kier molecular flexibility index (Phi) is 7.81. The minimum Gasteiger partial charge on any atom is -0.506 e. The lowest BCUT2D eigenvalue weighted by Gasteiger charge is -2.07. The molecule has 1 aliphatic heterocycles. The van der Waals surface area contributed by atoms with Gasteiger partial charge in [0.2, 0.25) is 0 Å². The molecule has 2 aromatic carbocycles. The zero-order valence-electron chi connectivity index (χ0n) is 15.3. The van der Waals surface area contributed by atoms with E-state index >= 15 is 0 Å². The van der Waals surface area contributed by atoms with Crippen LogP contribution in [0.3, 0.4) is 0 Å². The summed E-state index contributed by atoms with van der Waals surface area (Å²) in [6.45, 7) is 2.39. The Labute approximate surface area is 175 Å². The lowest BCUT2D eigenvalue weighted by atomic mass is 10.0. The number of esters is 1. The van der Waals surface area contributed by atoms with E-state index in [-0.39, 0.29) is 56.8 Å². The van der Waals surface area contributed by atoms with Gasteiger partial charge in [-0.15, -0.1) is 0 Å². The molecule has 2 aliphatic rings. The molecule has 2 N–H and O–H groups in total. The molecule has 9 heteroatoms. The third kappa shape index (κ3) is 5.81. The minimum absolute atomic E-state index is 0.0370. The van der Waals surface area contributed by atoms with Crippen molar-refractivity contribution < 1.29 is 33.3 Å². The van der Waals surface area contributed by atoms with Crippen molar-refractivity contribution in [1.29, 1.82) is 0 Å². The van der Waals surface area contributed by atoms with Crippen LogP contribution >= 0.6 is 23.2 Å². The summed E-state index contributed by atoms with van der Waals surface area (Å²) in [5.41, 5.74) is 0.347. The van der Waals surface area contributed by atoms with E-state index in [0.717, 1.165) is 24.6 Å². The fourth-order valence-corrected chi connectivity index (χ4v) is 3.18. The highest BCUT2D eigenvalue weighted by molar-refractivity contribution is 6.33. The summed E-state index contributed by atoms with van der Waals surface area (Å²) < 4.78 is 30.1. The van der Waals surface area contributed by atoms with Gasteiger partial charge in [-0.25, -0.2) is 8.78 Å². The van der Waals surface area contributed by atoms with E-state index in [1.807, 2.05) is 0 Å². The second-order valence-electron chi connectivity index (χ2n) is 6.43. The lowest BCUT2D eigenvalue weighted by Crippen LogP contribution is -1.95. The number of benzene rings is 2. The Hall–Kier alpha value is -2.38. The molecule has 156 valence electrons. The smallest absolute Gasteiger partial charge is 0.305 e. The van der Waals surface area contributed by atoms with Crippen LogP contribution in [0.15, 0.2) is 24.3 Å². The maximum Gasteiger partial charge on any atom is 0.305 e. The van der Waals surface area contributed by atoms with Crippen LogP contribution in [0, 0.1) is 11.6 Å². The first-order chi connectivity index (χ1) is 13.6. The van der Waals surface area contributed by atoms with Crippen molar-refractivity contribution in [1.82, 2.24) is 0 Å². The van der Waals surface area contributed by atoms with Crippen LogP contribution in [0.1, 0.15) is 48.0 Å². The van der Waals surface area contributed by atoms with E-state index in [4.69, 9.17) is 28.3 Å². The second kappa shape index (κ2) is 9.89. The van der Waals surface area contributed by atoms with Gasteiger partial charge in [0.25, 0.3) is 0 Å². The molecule has 0 spiro atoms. The van der Waals surface area contributed by atoms with E-state index in [1.165, 1.54) is 6.07 Å². The first-order valence-corrected chi connectivity index (χ1v) is 9.41. The Balaban J connectivity index is 0.000000171. The number of hydrogen-bond acceptors (Lipinski definition) is 5. The van der Waals surface area contributed by atoms with Crippen molar-refractivity contribution in [2.45, 2.75) is 32.1 Å². The number of cyclic esters (lactones) is 1. The van der Waals surface area contributed by atoms with Crippen LogP contribution in [-0.2, 0) is 9.53 Å². The lowest BCUT2D eigenvalue weighted by molar-refractivity contribution is -0.137. The molecule has 1 aliphatic carbocycles. The van der Waals surface area contributed by atoms with E-state index in [0.29, 0.717) is 13.0 Å². The maximum atomic E-state index is 13.4. The van der Waals surface area contributed by atoms with Gasteiger partial charge in [0.15, 0.2) is 5.78 Å². The van der Waals surface area contributed by atoms with Gasteiger partial charge in [0, 0.05) is 18.4 Å². The van der Waals surface area contributed by atoms with Crippen LogP contribution in [-0.4, -0.2) is 28.6 Å². The van der Waals surface area contributed by atoms with Crippen molar-refractivity contribution in [3.8, 4) is 11.5 Å². The molecule has 0 bridgehead atoms. The molecule has 1 unspecified atom stereocenters. The van der Waals surface area contributed by atoms with Crippen LogP contribution in [0.25, 0.3) is 0 Å². The summed E-state index contributed by atoms with van der Waals surface area (Å²) in [4.78, 5) is 21.4. The van der Waals surface area contributed by atoms with Gasteiger partial charge in [-0.1, -0.05) is 30.1 Å². The third-order valence-corrected chi connectivity index (χ3v) is 4.80. The summed E-state index contributed by atoms with van der Waals surface area (Å²) in [6, 6.07) is 4.45. The average molecular weight is 447 g/mol. The number of aromatic hydroxyl groups is 2. The molecule has 0 radical (unpaired) electrons. The fourth-order valence-electron chi connectivity index (χ4n) is 2.83. The van der Waals surface area contributed by atoms with Crippen LogP contribution in [0.5, 0.6) is 11.5 Å². The predicted molar refractivity (Wildman–Crippen MR) is 104 cm³/mol. The number of rotatable bonds is 0. The van der Waals surface area contributed by atoms with Gasteiger partial charge in [-0.3, -0.25) is 9.59 Å². The van der Waals surface area contributed by atoms with Crippen molar-refractivity contribution in [3.63, 3.8) is 0 Å². The number of ketones is 1. The molecule has 2 aromatic rings. The topological polar surface area (TPSA) is 83.8 Å². The molecular formula is C20H18Cl2F2O5. The molecular weight excluding hydrogens is 429 g/mol. The normalized spacial score (nSPS) is 16.9. The van der Waals surface area contributed by atoms with Gasteiger partial charge in [0.05, 0.1) is 22.2 Å². The number of phenolic OH excluding ortho intramolecular Hbond substituents is 2. The number of ether oxygens (including phenoxy) is 1. The first-order valence-electron chi connectivity index (χ1n) is 8.65. The largest absolute Gasteiger partial charge is 0.506 e. The molecule has 29 heavy (non-hydrogen) atoms. The molecule has 0 aromatic heterocycles. The second-order valence-corrected chi connectivity index (χ2v) is 7.24. The first kappa shape index (κ1) is 22.9. The highest BCUT2D eigenvalue weighted by atomic mass is 35.5. The van der Waals surface area contributed by atoms with E-state index in [2.05, 4.69) is 4.74 Å². The summed E-state index contributed by atoms with van der Waals surface area (Å²) in [6.07, 6.45) is 1.78. The van der Waals surface area contributed by atoms with Crippen molar-refractivity contribution in [2.75, 3.05) is 6.61 Å². The Morgan fingerprint density at radius 1 is 1.10 bits per heavy atom. The zero-order valence-corrected chi connectivity index (χ0v) is 16.9.